The van der Waals surface area contributed by atoms with Crippen LogP contribution in [0.25, 0.3) is 0 Å². The van der Waals surface area contributed by atoms with Crippen LogP contribution in [0.1, 0.15) is 36.5 Å². The summed E-state index contributed by atoms with van der Waals surface area (Å²) in [6.07, 6.45) is -0.666. The van der Waals surface area contributed by atoms with Crippen LogP contribution in [0, 0.1) is 0 Å². The van der Waals surface area contributed by atoms with E-state index in [1.54, 1.807) is 24.3 Å². The van der Waals surface area contributed by atoms with Crippen LogP contribution in [0.4, 0.5) is 0 Å². The van der Waals surface area contributed by atoms with Gasteiger partial charge in [-0.25, -0.2) is 0 Å². The number of aliphatic hydroxyl groups excluding tert-OH is 2. The molecule has 0 heterocycles. The molecule has 104 valence electrons. The number of aliphatic carboxylic acids is 1. The summed E-state index contributed by atoms with van der Waals surface area (Å²) in [5.74, 6) is -0.875. The predicted molar refractivity (Wildman–Crippen MR) is 69.6 cm³/mol. The van der Waals surface area contributed by atoms with Crippen molar-refractivity contribution in [1.29, 1.82) is 0 Å². The maximum absolute atomic E-state index is 11.4. The van der Waals surface area contributed by atoms with E-state index < -0.39 is 23.6 Å². The van der Waals surface area contributed by atoms with E-state index in [2.05, 4.69) is 0 Å². The summed E-state index contributed by atoms with van der Waals surface area (Å²) in [6.45, 7) is 0.268. The van der Waals surface area contributed by atoms with Crippen LogP contribution >= 0.6 is 0 Å². The second-order valence-electron chi connectivity index (χ2n) is 5.06. The van der Waals surface area contributed by atoms with Crippen LogP contribution in [-0.2, 0) is 10.2 Å². The molecule has 5 heteroatoms. The molecule has 5 nitrogen and oxygen atoms in total. The SMILES string of the molecule is NCCC(O)C(O)c1ccccc1C1(C(=O)O)CC1. The third-order valence-corrected chi connectivity index (χ3v) is 3.78. The van der Waals surface area contributed by atoms with Crippen molar-refractivity contribution in [3.63, 3.8) is 0 Å². The Hall–Kier alpha value is -1.43. The molecule has 0 aliphatic heterocycles. The number of carboxylic acid groups (broad SMARTS) is 1. The lowest BCUT2D eigenvalue weighted by atomic mass is 9.87. The Morgan fingerprint density at radius 2 is 1.95 bits per heavy atom. The van der Waals surface area contributed by atoms with Crippen LogP contribution in [0.3, 0.4) is 0 Å². The molecule has 1 aromatic carbocycles. The zero-order valence-electron chi connectivity index (χ0n) is 10.6. The molecule has 0 spiro atoms. The highest BCUT2D eigenvalue weighted by molar-refractivity contribution is 5.85. The van der Waals surface area contributed by atoms with E-state index in [0.29, 0.717) is 24.0 Å². The van der Waals surface area contributed by atoms with Crippen LogP contribution in [0.5, 0.6) is 0 Å². The van der Waals surface area contributed by atoms with E-state index in [-0.39, 0.29) is 13.0 Å². The van der Waals surface area contributed by atoms with Crippen molar-refractivity contribution in [3.05, 3.63) is 35.4 Å². The van der Waals surface area contributed by atoms with Crippen LogP contribution in [0.15, 0.2) is 24.3 Å². The zero-order valence-corrected chi connectivity index (χ0v) is 10.6. The van der Waals surface area contributed by atoms with Gasteiger partial charge in [-0.1, -0.05) is 24.3 Å². The lowest BCUT2D eigenvalue weighted by molar-refractivity contribution is -0.140. The van der Waals surface area contributed by atoms with Gasteiger partial charge in [0.2, 0.25) is 0 Å². The molecule has 1 saturated carbocycles. The fourth-order valence-corrected chi connectivity index (χ4v) is 2.45. The highest BCUT2D eigenvalue weighted by Crippen LogP contribution is 2.50. The van der Waals surface area contributed by atoms with Gasteiger partial charge in [-0.15, -0.1) is 0 Å². The van der Waals surface area contributed by atoms with Crippen molar-refractivity contribution in [2.75, 3.05) is 6.54 Å². The van der Waals surface area contributed by atoms with Crippen molar-refractivity contribution in [2.45, 2.75) is 36.9 Å². The molecule has 2 unspecified atom stereocenters. The zero-order chi connectivity index (χ0) is 14.0. The number of benzene rings is 1. The first-order valence-electron chi connectivity index (χ1n) is 6.42. The smallest absolute Gasteiger partial charge is 0.314 e. The first-order valence-corrected chi connectivity index (χ1v) is 6.42. The van der Waals surface area contributed by atoms with Crippen molar-refractivity contribution in [2.24, 2.45) is 5.73 Å². The first-order chi connectivity index (χ1) is 9.03. The number of hydrogen-bond donors (Lipinski definition) is 4. The summed E-state index contributed by atoms with van der Waals surface area (Å²) < 4.78 is 0. The second kappa shape index (κ2) is 5.28. The second-order valence-corrected chi connectivity index (χ2v) is 5.06. The Morgan fingerprint density at radius 1 is 1.32 bits per heavy atom. The van der Waals surface area contributed by atoms with E-state index in [0.717, 1.165) is 0 Å². The average Bonchev–Trinajstić information content (AvgIpc) is 3.19. The Labute approximate surface area is 111 Å². The molecule has 0 amide bonds. The molecule has 1 fully saturated rings. The van der Waals surface area contributed by atoms with Gasteiger partial charge in [0.1, 0.15) is 6.10 Å². The van der Waals surface area contributed by atoms with E-state index in [1.165, 1.54) is 0 Å². The van der Waals surface area contributed by atoms with Crippen LogP contribution in [-0.4, -0.2) is 33.9 Å². The number of carbonyl (C=O) groups is 1. The Kier molecular flexibility index (Phi) is 3.89. The topological polar surface area (TPSA) is 104 Å². The molecule has 0 aromatic heterocycles. The van der Waals surface area contributed by atoms with Crippen molar-refractivity contribution < 1.29 is 20.1 Å². The molecule has 1 aliphatic rings. The maximum Gasteiger partial charge on any atom is 0.314 e. The predicted octanol–water partition coefficient (Wildman–Crippen LogP) is 0.546. The van der Waals surface area contributed by atoms with Gasteiger partial charge in [-0.05, 0) is 36.9 Å². The normalized spacial score (nSPS) is 19.7. The van der Waals surface area contributed by atoms with E-state index in [1.807, 2.05) is 0 Å². The number of hydrogen-bond acceptors (Lipinski definition) is 4. The molecule has 0 saturated heterocycles. The first kappa shape index (κ1) is 14.0. The van der Waals surface area contributed by atoms with Crippen LogP contribution < -0.4 is 5.73 Å². The van der Waals surface area contributed by atoms with Gasteiger partial charge in [0, 0.05) is 0 Å². The summed E-state index contributed by atoms with van der Waals surface area (Å²) in [4.78, 5) is 11.4. The Bertz CT molecular complexity index is 470. The number of nitrogens with two attached hydrogens (primary N) is 1. The Morgan fingerprint density at radius 3 is 2.47 bits per heavy atom. The molecule has 0 bridgehead atoms. The van der Waals surface area contributed by atoms with Gasteiger partial charge in [-0.3, -0.25) is 4.79 Å². The molecule has 5 N–H and O–H groups in total. The van der Waals surface area contributed by atoms with E-state index >= 15 is 0 Å². The molecular weight excluding hydrogens is 246 g/mol. The molecule has 0 radical (unpaired) electrons. The Balaban J connectivity index is 2.34. The number of rotatable bonds is 6. The largest absolute Gasteiger partial charge is 0.481 e. The minimum Gasteiger partial charge on any atom is -0.481 e. The van der Waals surface area contributed by atoms with Gasteiger partial charge in [0.05, 0.1) is 11.5 Å². The molecule has 1 aliphatic carbocycles. The molecule has 2 rings (SSSR count). The monoisotopic (exact) mass is 265 g/mol. The highest BCUT2D eigenvalue weighted by atomic mass is 16.4. The van der Waals surface area contributed by atoms with E-state index in [4.69, 9.17) is 5.73 Å². The number of aliphatic hydroxyl groups is 2. The molecular formula is C14H19NO4. The third kappa shape index (κ3) is 2.49. The lowest BCUT2D eigenvalue weighted by Gasteiger charge is -2.23. The summed E-state index contributed by atoms with van der Waals surface area (Å²) in [5, 5.41) is 29.4. The maximum atomic E-state index is 11.4. The van der Waals surface area contributed by atoms with Crippen molar-refractivity contribution in [3.8, 4) is 0 Å². The number of carboxylic acids is 1. The molecule has 1 aromatic rings. The highest BCUT2D eigenvalue weighted by Gasteiger charge is 2.53. The summed E-state index contributed by atoms with van der Waals surface area (Å²) in [7, 11) is 0. The lowest BCUT2D eigenvalue weighted by Crippen LogP contribution is -2.27. The van der Waals surface area contributed by atoms with Gasteiger partial charge in [0.25, 0.3) is 0 Å². The quantitative estimate of drug-likeness (QED) is 0.601. The summed E-state index contributed by atoms with van der Waals surface area (Å²) >= 11 is 0. The van der Waals surface area contributed by atoms with Crippen LogP contribution in [0.2, 0.25) is 0 Å². The van der Waals surface area contributed by atoms with E-state index in [9.17, 15) is 20.1 Å². The summed E-state index contributed by atoms with van der Waals surface area (Å²) in [6, 6.07) is 6.87. The minimum atomic E-state index is -1.10. The third-order valence-electron chi connectivity index (χ3n) is 3.78. The average molecular weight is 265 g/mol. The van der Waals surface area contributed by atoms with Gasteiger partial charge in [-0.2, -0.15) is 0 Å². The van der Waals surface area contributed by atoms with Crippen molar-refractivity contribution in [1.82, 2.24) is 0 Å². The fraction of sp³-hybridized carbons (Fsp3) is 0.500. The van der Waals surface area contributed by atoms with Gasteiger partial charge >= 0.3 is 5.97 Å². The molecule has 19 heavy (non-hydrogen) atoms. The summed E-state index contributed by atoms with van der Waals surface area (Å²) in [5.41, 5.74) is 5.57. The molecule has 2 atom stereocenters. The fourth-order valence-electron chi connectivity index (χ4n) is 2.45. The van der Waals surface area contributed by atoms with Gasteiger partial charge in [0.15, 0.2) is 0 Å². The minimum absolute atomic E-state index is 0.268. The van der Waals surface area contributed by atoms with Crippen molar-refractivity contribution >= 4 is 5.97 Å². The standard InChI is InChI=1S/C14H19NO4/c15-8-5-11(16)12(17)9-3-1-2-4-10(9)14(6-7-14)13(18)19/h1-4,11-12,16-17H,5-8,15H2,(H,18,19). The van der Waals surface area contributed by atoms with Gasteiger partial charge < -0.3 is 21.1 Å².